The van der Waals surface area contributed by atoms with Crippen molar-refractivity contribution in [1.29, 1.82) is 0 Å². The van der Waals surface area contributed by atoms with Gasteiger partial charge in [-0.15, -0.1) is 0 Å². The standard InChI is InChI=1S/C4H10.CO2.H2O/c1-3-4-2;2-1-3;/h3-4H2,1-2H3;;1H2. The van der Waals surface area contributed by atoms with Crippen LogP contribution in [0.25, 0.3) is 0 Å². The van der Waals surface area contributed by atoms with Gasteiger partial charge in [0.05, 0.1) is 0 Å². The van der Waals surface area contributed by atoms with E-state index in [0.29, 0.717) is 0 Å². The number of hydrogen-bond donors (Lipinski definition) is 0. The molecule has 0 radical (unpaired) electrons. The van der Waals surface area contributed by atoms with Crippen LogP contribution in [0.3, 0.4) is 0 Å². The number of rotatable bonds is 1. The normalized spacial score (nSPS) is 4.75. The zero-order valence-electron chi connectivity index (χ0n) is 5.23. The van der Waals surface area contributed by atoms with Crippen LogP contribution < -0.4 is 0 Å². The Morgan fingerprint density at radius 2 is 1.25 bits per heavy atom. The first-order valence-electron chi connectivity index (χ1n) is 2.32. The summed E-state index contributed by atoms with van der Waals surface area (Å²) in [5, 5.41) is 0. The number of hydrogen-bond acceptors (Lipinski definition) is 2. The third-order valence-corrected chi connectivity index (χ3v) is 0.500. The van der Waals surface area contributed by atoms with Gasteiger partial charge in [0.15, 0.2) is 0 Å². The van der Waals surface area contributed by atoms with Crippen LogP contribution in [-0.4, -0.2) is 11.6 Å². The van der Waals surface area contributed by atoms with Gasteiger partial charge in [-0.25, -0.2) is 0 Å². The van der Waals surface area contributed by atoms with E-state index in [0.717, 1.165) is 0 Å². The first kappa shape index (κ1) is 15.7. The summed E-state index contributed by atoms with van der Waals surface area (Å²) in [7, 11) is 0. The van der Waals surface area contributed by atoms with E-state index in [-0.39, 0.29) is 11.6 Å². The molecule has 0 unspecified atom stereocenters. The van der Waals surface area contributed by atoms with Crippen LogP contribution in [0.2, 0.25) is 0 Å². The van der Waals surface area contributed by atoms with E-state index in [1.807, 2.05) is 0 Å². The summed E-state index contributed by atoms with van der Waals surface area (Å²) in [5.74, 6) is 0. The molecule has 0 saturated carbocycles. The van der Waals surface area contributed by atoms with E-state index in [4.69, 9.17) is 9.59 Å². The van der Waals surface area contributed by atoms with Crippen molar-refractivity contribution in [3.8, 4) is 0 Å². The van der Waals surface area contributed by atoms with Crippen LogP contribution in [0.1, 0.15) is 26.7 Å². The van der Waals surface area contributed by atoms with E-state index in [1.54, 1.807) is 0 Å². The molecule has 0 aliphatic carbocycles. The minimum Gasteiger partial charge on any atom is -0.412 e. The summed E-state index contributed by atoms with van der Waals surface area (Å²) in [6, 6.07) is 0. The fourth-order valence-corrected chi connectivity index (χ4v) is 0. The van der Waals surface area contributed by atoms with Gasteiger partial charge < -0.3 is 5.48 Å². The van der Waals surface area contributed by atoms with Crippen molar-refractivity contribution >= 4 is 6.15 Å². The van der Waals surface area contributed by atoms with E-state index >= 15 is 0 Å². The molecule has 0 fully saturated rings. The molecule has 0 atom stereocenters. The van der Waals surface area contributed by atoms with Gasteiger partial charge in [0.25, 0.3) is 0 Å². The first-order valence-corrected chi connectivity index (χ1v) is 2.32. The van der Waals surface area contributed by atoms with E-state index in [9.17, 15) is 0 Å². The predicted molar refractivity (Wildman–Crippen MR) is 29.2 cm³/mol. The fourth-order valence-electron chi connectivity index (χ4n) is 0. The molecule has 0 rings (SSSR count). The van der Waals surface area contributed by atoms with Crippen molar-refractivity contribution in [3.05, 3.63) is 0 Å². The molecule has 0 spiro atoms. The molecule has 0 saturated heterocycles. The SMILES string of the molecule is CCCC.O.O=C=O. The van der Waals surface area contributed by atoms with Gasteiger partial charge in [0, 0.05) is 0 Å². The largest absolute Gasteiger partial charge is 0.412 e. The molecule has 0 aromatic carbocycles. The lowest BCUT2D eigenvalue weighted by Gasteiger charge is -1.68. The molecule has 0 heterocycles. The van der Waals surface area contributed by atoms with Crippen LogP contribution in [0.5, 0.6) is 0 Å². The molecule has 0 aliphatic heterocycles. The minimum atomic E-state index is 0. The van der Waals surface area contributed by atoms with Gasteiger partial charge in [0.1, 0.15) is 0 Å². The average molecular weight is 120 g/mol. The van der Waals surface area contributed by atoms with Gasteiger partial charge in [-0.3, -0.25) is 0 Å². The molecule has 3 heteroatoms. The highest BCUT2D eigenvalue weighted by Gasteiger charge is 1.56. The summed E-state index contributed by atoms with van der Waals surface area (Å²) >= 11 is 0. The maximum Gasteiger partial charge on any atom is 0.373 e. The van der Waals surface area contributed by atoms with Crippen molar-refractivity contribution in [3.63, 3.8) is 0 Å². The van der Waals surface area contributed by atoms with Crippen molar-refractivity contribution < 1.29 is 15.1 Å². The molecule has 0 aromatic heterocycles. The molecule has 0 aliphatic rings. The smallest absolute Gasteiger partial charge is 0.373 e. The second-order valence-electron chi connectivity index (χ2n) is 1.08. The molecule has 8 heavy (non-hydrogen) atoms. The molecule has 2 N–H and O–H groups in total. The van der Waals surface area contributed by atoms with Crippen LogP contribution in [-0.2, 0) is 9.59 Å². The van der Waals surface area contributed by atoms with Crippen molar-refractivity contribution in [2.24, 2.45) is 0 Å². The number of carbonyl (C=O) groups excluding carboxylic acids is 2. The second-order valence-corrected chi connectivity index (χ2v) is 1.08. The van der Waals surface area contributed by atoms with Crippen LogP contribution in [0.15, 0.2) is 0 Å². The van der Waals surface area contributed by atoms with Gasteiger partial charge in [-0.1, -0.05) is 26.7 Å². The Kier molecular flexibility index (Phi) is 64.6. The molecule has 3 nitrogen and oxygen atoms in total. The van der Waals surface area contributed by atoms with Gasteiger partial charge >= 0.3 is 6.15 Å². The summed E-state index contributed by atoms with van der Waals surface area (Å²) < 4.78 is 0. The lowest BCUT2D eigenvalue weighted by Crippen LogP contribution is -1.47. The highest BCUT2D eigenvalue weighted by molar-refractivity contribution is 5.20. The quantitative estimate of drug-likeness (QED) is 0.502. The lowest BCUT2D eigenvalue weighted by atomic mass is 10.4. The molecule has 0 amide bonds. The van der Waals surface area contributed by atoms with Crippen LogP contribution in [0.4, 0.5) is 0 Å². The van der Waals surface area contributed by atoms with Crippen LogP contribution >= 0.6 is 0 Å². The van der Waals surface area contributed by atoms with Crippen LogP contribution in [0, 0.1) is 0 Å². The lowest BCUT2D eigenvalue weighted by molar-refractivity contribution is -0.191. The Hall–Kier alpha value is -0.660. The molecular weight excluding hydrogens is 108 g/mol. The first-order chi connectivity index (χ1) is 3.33. The van der Waals surface area contributed by atoms with Crippen molar-refractivity contribution in [2.75, 3.05) is 0 Å². The highest BCUT2D eigenvalue weighted by Crippen LogP contribution is 1.76. The molecule has 0 aromatic rings. The summed E-state index contributed by atoms with van der Waals surface area (Å²) in [5.41, 5.74) is 0. The second kappa shape index (κ2) is 33.0. The van der Waals surface area contributed by atoms with E-state index < -0.39 is 0 Å². The average Bonchev–Trinajstić information content (AvgIpc) is 1.69. The Morgan fingerprint density at radius 1 is 1.12 bits per heavy atom. The van der Waals surface area contributed by atoms with Crippen molar-refractivity contribution in [1.82, 2.24) is 0 Å². The summed E-state index contributed by atoms with van der Waals surface area (Å²) in [6.45, 7) is 4.36. The summed E-state index contributed by atoms with van der Waals surface area (Å²) in [6.07, 6.45) is 2.89. The molecular formula is C5H12O3. The maximum atomic E-state index is 8.12. The van der Waals surface area contributed by atoms with E-state index in [1.165, 1.54) is 12.8 Å². The molecule has 0 bridgehead atoms. The van der Waals surface area contributed by atoms with Gasteiger partial charge in [-0.2, -0.15) is 9.59 Å². The Labute approximate surface area is 49.0 Å². The maximum absolute atomic E-state index is 8.12. The monoisotopic (exact) mass is 120 g/mol. The van der Waals surface area contributed by atoms with Gasteiger partial charge in [0.2, 0.25) is 0 Å². The molecule has 50 valence electrons. The predicted octanol–water partition coefficient (Wildman–Crippen LogP) is 0.398. The van der Waals surface area contributed by atoms with Gasteiger partial charge in [-0.05, 0) is 0 Å². The Balaban J connectivity index is -0.0000000575. The third-order valence-electron chi connectivity index (χ3n) is 0.500. The fraction of sp³-hybridized carbons (Fsp3) is 0.800. The topological polar surface area (TPSA) is 65.6 Å². The number of unbranched alkanes of at least 4 members (excludes halogenated alkanes) is 1. The zero-order chi connectivity index (χ0) is 6.12. The third kappa shape index (κ3) is 870. The summed E-state index contributed by atoms with van der Waals surface area (Å²) in [4.78, 5) is 16.2. The Morgan fingerprint density at radius 3 is 1.25 bits per heavy atom. The van der Waals surface area contributed by atoms with Crippen molar-refractivity contribution in [2.45, 2.75) is 26.7 Å². The highest BCUT2D eigenvalue weighted by atomic mass is 16.2. The zero-order valence-corrected chi connectivity index (χ0v) is 5.23. The van der Waals surface area contributed by atoms with E-state index in [2.05, 4.69) is 13.8 Å². The minimum absolute atomic E-state index is 0. The Bertz CT molecular complexity index is 43.6.